The second-order valence-corrected chi connectivity index (χ2v) is 20.0. The lowest BCUT2D eigenvalue weighted by molar-refractivity contribution is -0.140. The number of halogens is 1. The van der Waals surface area contributed by atoms with Crippen molar-refractivity contribution in [2.24, 2.45) is 0 Å². The van der Waals surface area contributed by atoms with Crippen LogP contribution in [0.1, 0.15) is 69.5 Å². The van der Waals surface area contributed by atoms with Gasteiger partial charge in [0.15, 0.2) is 30.1 Å². The van der Waals surface area contributed by atoms with Crippen LogP contribution in [0.5, 0.6) is 11.5 Å². The van der Waals surface area contributed by atoms with Gasteiger partial charge in [-0.25, -0.2) is 22.3 Å². The lowest BCUT2D eigenvalue weighted by Gasteiger charge is -2.32. The van der Waals surface area contributed by atoms with E-state index in [1.54, 1.807) is 42.5 Å². The number of nitrogens with one attached hydrogen (secondary N) is 4. The number of nitrogens with zero attached hydrogens (tertiary/aromatic N) is 2. The van der Waals surface area contributed by atoms with E-state index in [0.717, 1.165) is 16.2 Å². The van der Waals surface area contributed by atoms with Crippen LogP contribution >= 0.6 is 22.9 Å². The predicted octanol–water partition coefficient (Wildman–Crippen LogP) is 3.45. The molecule has 2 unspecified atom stereocenters. The molecule has 3 aliphatic rings. The van der Waals surface area contributed by atoms with Crippen molar-refractivity contribution in [2.45, 2.75) is 56.2 Å². The Morgan fingerprint density at radius 1 is 0.847 bits per heavy atom. The van der Waals surface area contributed by atoms with Crippen LogP contribution in [0.2, 0.25) is 5.02 Å². The fourth-order valence-electron chi connectivity index (χ4n) is 8.23. The van der Waals surface area contributed by atoms with E-state index >= 15 is 0 Å². The van der Waals surface area contributed by atoms with Crippen LogP contribution in [0.3, 0.4) is 0 Å². The molecule has 7 rings (SSSR count). The summed E-state index contributed by atoms with van der Waals surface area (Å²) in [6.07, 6.45) is -0.396. The third-order valence-electron chi connectivity index (χ3n) is 11.6. The van der Waals surface area contributed by atoms with Gasteiger partial charge in [0.1, 0.15) is 16.8 Å². The van der Waals surface area contributed by atoms with Crippen molar-refractivity contribution < 1.29 is 76.2 Å². The highest BCUT2D eigenvalue weighted by Crippen LogP contribution is 2.46. The number of hydrogen-bond donors (Lipinski definition) is 7. The van der Waals surface area contributed by atoms with Crippen LogP contribution in [0.15, 0.2) is 66.7 Å². The smallest absolute Gasteiger partial charge is 0.349 e. The molecule has 0 spiro atoms. The highest BCUT2D eigenvalue weighted by molar-refractivity contribution is 7.88. The number of amides is 5. The molecule has 2 fully saturated rings. The van der Waals surface area contributed by atoms with Crippen LogP contribution in [0.4, 0.5) is 11.4 Å². The van der Waals surface area contributed by atoms with Crippen LogP contribution < -0.4 is 30.7 Å². The first-order valence-corrected chi connectivity index (χ1v) is 25.5. The number of carboxylic acids is 2. The van der Waals surface area contributed by atoms with Gasteiger partial charge in [-0.05, 0) is 66.8 Å². The Bertz CT molecular complexity index is 2820. The molecule has 0 radical (unpaired) electrons. The first kappa shape index (κ1) is 53.1. The minimum absolute atomic E-state index is 0.0119. The Balaban J connectivity index is 0.760. The number of piperidine rings is 2. The Hall–Kier alpha value is -6.67. The number of aliphatic hydroxyl groups excluding tert-OH is 1. The van der Waals surface area contributed by atoms with E-state index in [0.29, 0.717) is 40.2 Å². The zero-order chi connectivity index (χ0) is 51.5. The normalized spacial score (nSPS) is 17.2. The maximum Gasteiger partial charge on any atom is 0.349 e. The molecule has 0 aliphatic carbocycles. The number of thiophene rings is 1. The number of ether oxygens (including phenoxy) is 4. The van der Waals surface area contributed by atoms with E-state index in [9.17, 15) is 52.2 Å². The summed E-state index contributed by atoms with van der Waals surface area (Å²) in [6, 6.07) is 17.1. The lowest BCUT2D eigenvalue weighted by atomic mass is 10.0. The number of benzene rings is 3. The van der Waals surface area contributed by atoms with Gasteiger partial charge in [0.2, 0.25) is 27.7 Å². The second kappa shape index (κ2) is 24.2. The Labute approximate surface area is 421 Å². The molecule has 4 heterocycles. The van der Waals surface area contributed by atoms with Crippen molar-refractivity contribution in [1.29, 1.82) is 0 Å². The summed E-state index contributed by atoms with van der Waals surface area (Å²) in [7, 11) is -3.71. The number of aliphatic carboxylic acids is 1. The standard InChI is InChI=1S/C47H51ClN6O16S2/c48-40-41(70-25-38(58)59)43(47(63)64)71-42(40)28-5-2-7-31(23-28)50-29-12-16-53(17-13-29)72(65,66)26-27-4-1-6-30(22-27)51-36(56)14-18-67-20-21-68-19-15-49-37(57)24-69-34-9-3-8-32-39(34)46(62)54(45(32)61)33-10-11-35(55)52-44(33)60/h1-9,22-23,29,33,46,50,62H,10-21,24-26H2,(H,49,57)(H,51,56)(H,58,59)(H,63,64)(H,52,55,60). The van der Waals surface area contributed by atoms with E-state index in [-0.39, 0.29) is 116 Å². The molecule has 0 bridgehead atoms. The van der Waals surface area contributed by atoms with Crippen molar-refractivity contribution in [1.82, 2.24) is 19.8 Å². The number of carboxylic acid groups (broad SMARTS) is 2. The van der Waals surface area contributed by atoms with E-state index in [2.05, 4.69) is 21.3 Å². The number of hydrogen-bond acceptors (Lipinski definition) is 16. The Morgan fingerprint density at radius 3 is 2.31 bits per heavy atom. The average molecular weight is 1060 g/mol. The number of aromatic carboxylic acids is 1. The number of aliphatic hydroxyl groups is 1. The third kappa shape index (κ3) is 13.4. The van der Waals surface area contributed by atoms with Gasteiger partial charge in [-0.15, -0.1) is 11.3 Å². The van der Waals surface area contributed by atoms with Gasteiger partial charge in [-0.1, -0.05) is 41.9 Å². The number of carbonyl (C=O) groups is 7. The average Bonchev–Trinajstić information content (AvgIpc) is 3.81. The molecule has 25 heteroatoms. The van der Waals surface area contributed by atoms with Crippen molar-refractivity contribution in [3.05, 3.63) is 93.3 Å². The molecular weight excluding hydrogens is 1000 g/mol. The van der Waals surface area contributed by atoms with Crippen molar-refractivity contribution in [3.63, 3.8) is 0 Å². The third-order valence-corrected chi connectivity index (χ3v) is 15.1. The molecule has 1 aromatic heterocycles. The summed E-state index contributed by atoms with van der Waals surface area (Å²) >= 11 is 7.33. The van der Waals surface area contributed by atoms with Gasteiger partial charge in [-0.2, -0.15) is 0 Å². The summed E-state index contributed by atoms with van der Waals surface area (Å²) in [6.45, 7) is 0.0743. The first-order chi connectivity index (χ1) is 34.5. The minimum Gasteiger partial charge on any atom is -0.483 e. The molecule has 0 saturated carbocycles. The Kier molecular flexibility index (Phi) is 17.8. The van der Waals surface area contributed by atoms with Gasteiger partial charge in [0.25, 0.3) is 11.8 Å². The SMILES string of the molecule is O=C(O)COc1c(C(=O)O)sc(-c2cccc(NC3CCN(S(=O)(=O)Cc4cccc(NC(=O)CCOCCOCCNC(=O)COc5cccc6c5C(O)N(C5CCC(=O)NC5=O)C6=O)c4)CC3)c2)c1Cl. The monoisotopic (exact) mass is 1050 g/mol. The Morgan fingerprint density at radius 2 is 1.57 bits per heavy atom. The predicted molar refractivity (Wildman–Crippen MR) is 259 cm³/mol. The van der Waals surface area contributed by atoms with Gasteiger partial charge in [-0.3, -0.25) is 34.2 Å². The molecule has 22 nitrogen and oxygen atoms in total. The van der Waals surface area contributed by atoms with E-state index < -0.39 is 71.1 Å². The van der Waals surface area contributed by atoms with Crippen LogP contribution in [-0.2, 0) is 49.2 Å². The number of rotatable bonds is 24. The largest absolute Gasteiger partial charge is 0.483 e. The highest BCUT2D eigenvalue weighted by Gasteiger charge is 2.46. The van der Waals surface area contributed by atoms with Gasteiger partial charge < -0.3 is 50.2 Å². The fourth-order valence-corrected chi connectivity index (χ4v) is 11.2. The van der Waals surface area contributed by atoms with Crippen molar-refractivity contribution in [2.75, 3.05) is 69.9 Å². The summed E-state index contributed by atoms with van der Waals surface area (Å²) in [5.41, 5.74) is 2.45. The topological polar surface area (TPSA) is 306 Å². The van der Waals surface area contributed by atoms with E-state index in [1.165, 1.54) is 22.5 Å². The number of sulfonamides is 1. The molecule has 5 amide bonds. The quantitative estimate of drug-likeness (QED) is 0.0390. The molecular formula is C47H51ClN6O16S2. The van der Waals surface area contributed by atoms with Crippen LogP contribution in [-0.4, -0.2) is 146 Å². The van der Waals surface area contributed by atoms with E-state index in [1.807, 2.05) is 6.07 Å². The zero-order valence-corrected chi connectivity index (χ0v) is 40.8. The molecule has 2 atom stereocenters. The highest BCUT2D eigenvalue weighted by atomic mass is 35.5. The second-order valence-electron chi connectivity index (χ2n) is 16.7. The number of anilines is 2. The maximum atomic E-state index is 13.5. The molecule has 7 N–H and O–H groups in total. The molecule has 72 heavy (non-hydrogen) atoms. The minimum atomic E-state index is -3.71. The summed E-state index contributed by atoms with van der Waals surface area (Å²) in [5.74, 6) is -5.55. The first-order valence-electron chi connectivity index (χ1n) is 22.6. The fraction of sp³-hybridized carbons (Fsp3) is 0.383. The summed E-state index contributed by atoms with van der Waals surface area (Å²) in [5, 5.41) is 40.6. The van der Waals surface area contributed by atoms with Gasteiger partial charge >= 0.3 is 11.9 Å². The number of imide groups is 1. The molecule has 3 aliphatic heterocycles. The van der Waals surface area contributed by atoms with Crippen molar-refractivity contribution in [3.8, 4) is 21.9 Å². The van der Waals surface area contributed by atoms with E-state index in [4.69, 9.17) is 35.7 Å². The summed E-state index contributed by atoms with van der Waals surface area (Å²) < 4.78 is 50.2. The molecule has 384 valence electrons. The zero-order valence-electron chi connectivity index (χ0n) is 38.4. The van der Waals surface area contributed by atoms with Crippen molar-refractivity contribution >= 4 is 85.8 Å². The molecule has 3 aromatic carbocycles. The van der Waals surface area contributed by atoms with Crippen LogP contribution in [0, 0.1) is 0 Å². The lowest BCUT2D eigenvalue weighted by Crippen LogP contribution is -2.53. The van der Waals surface area contributed by atoms with Gasteiger partial charge in [0.05, 0.1) is 54.6 Å². The number of carbonyl (C=O) groups excluding carboxylic acids is 5. The van der Waals surface area contributed by atoms with Crippen LogP contribution in [0.25, 0.3) is 10.4 Å². The maximum absolute atomic E-state index is 13.5. The molecule has 4 aromatic rings. The molecule has 2 saturated heterocycles. The van der Waals surface area contributed by atoms with Gasteiger partial charge in [0, 0.05) is 43.5 Å². The number of fused-ring (bicyclic) bond motifs is 1. The summed E-state index contributed by atoms with van der Waals surface area (Å²) in [4.78, 5) is 86.2.